The highest BCUT2D eigenvalue weighted by atomic mass is 79.9. The fourth-order valence-corrected chi connectivity index (χ4v) is 4.21. The number of halogens is 1. The zero-order chi connectivity index (χ0) is 21.1. The maximum absolute atomic E-state index is 13.2. The number of fused-ring (bicyclic) bond motifs is 1. The van der Waals surface area contributed by atoms with Gasteiger partial charge in [-0.2, -0.15) is 0 Å². The van der Waals surface area contributed by atoms with Crippen molar-refractivity contribution < 1.29 is 4.79 Å². The number of amides is 1. The Kier molecular flexibility index (Phi) is 6.01. The van der Waals surface area contributed by atoms with E-state index in [1.54, 1.807) is 16.7 Å². The Morgan fingerprint density at radius 3 is 2.50 bits per heavy atom. The second-order valence-corrected chi connectivity index (χ2v) is 8.50. The topological polar surface area (TPSA) is 64.0 Å². The fourth-order valence-electron chi connectivity index (χ4n) is 3.01. The van der Waals surface area contributed by atoms with Crippen LogP contribution in [0.2, 0.25) is 0 Å². The molecule has 1 N–H and O–H groups in total. The van der Waals surface area contributed by atoms with Gasteiger partial charge in [-0.05, 0) is 59.3 Å². The van der Waals surface area contributed by atoms with Crippen molar-refractivity contribution in [3.63, 3.8) is 0 Å². The van der Waals surface area contributed by atoms with E-state index >= 15 is 0 Å². The van der Waals surface area contributed by atoms with Crippen molar-refractivity contribution in [2.45, 2.75) is 12.1 Å². The zero-order valence-electron chi connectivity index (χ0n) is 16.1. The Balaban J connectivity index is 1.68. The smallest absolute Gasteiger partial charge is 0.266 e. The molecule has 0 aliphatic heterocycles. The molecule has 150 valence electrons. The van der Waals surface area contributed by atoms with Gasteiger partial charge in [0.15, 0.2) is 5.16 Å². The van der Waals surface area contributed by atoms with Gasteiger partial charge in [0.2, 0.25) is 5.91 Å². The monoisotopic (exact) mass is 479 g/mol. The fraction of sp³-hybridized carbons (Fsp3) is 0.0870. The lowest BCUT2D eigenvalue weighted by Gasteiger charge is -2.13. The van der Waals surface area contributed by atoms with E-state index in [2.05, 4.69) is 26.2 Å². The van der Waals surface area contributed by atoms with Crippen molar-refractivity contribution in [1.29, 1.82) is 0 Å². The number of hydrogen-bond donors (Lipinski definition) is 1. The Morgan fingerprint density at radius 1 is 1.03 bits per heavy atom. The molecule has 0 aliphatic carbocycles. The van der Waals surface area contributed by atoms with Crippen molar-refractivity contribution in [1.82, 2.24) is 9.55 Å². The number of rotatable bonds is 5. The molecule has 0 aliphatic rings. The molecule has 0 bridgehead atoms. The molecule has 5 nitrogen and oxygen atoms in total. The minimum absolute atomic E-state index is 0.123. The SMILES string of the molecule is Cc1ccc(-n2c(SCC(=O)Nc3ccccc3Br)nc3ccccc3c2=O)cc1. The average Bonchev–Trinajstić information content (AvgIpc) is 2.75. The molecule has 7 heteroatoms. The van der Waals surface area contributed by atoms with Gasteiger partial charge >= 0.3 is 0 Å². The number of nitrogens with zero attached hydrogens (tertiary/aromatic N) is 2. The highest BCUT2D eigenvalue weighted by molar-refractivity contribution is 9.10. The van der Waals surface area contributed by atoms with E-state index in [1.165, 1.54) is 11.8 Å². The first-order valence-corrected chi connectivity index (χ1v) is 11.1. The quantitative estimate of drug-likeness (QED) is 0.316. The van der Waals surface area contributed by atoms with Crippen LogP contribution in [0.25, 0.3) is 16.6 Å². The number of carbonyl (C=O) groups is 1. The van der Waals surface area contributed by atoms with Crippen molar-refractivity contribution in [2.24, 2.45) is 0 Å². The van der Waals surface area contributed by atoms with Crippen molar-refractivity contribution in [2.75, 3.05) is 11.1 Å². The van der Waals surface area contributed by atoms with E-state index in [0.717, 1.165) is 15.7 Å². The summed E-state index contributed by atoms with van der Waals surface area (Å²) in [5.74, 6) is -0.0532. The van der Waals surface area contributed by atoms with Gasteiger partial charge in [-0.15, -0.1) is 0 Å². The molecule has 1 heterocycles. The maximum atomic E-state index is 13.2. The molecule has 1 amide bonds. The average molecular weight is 480 g/mol. The lowest BCUT2D eigenvalue weighted by Crippen LogP contribution is -2.23. The van der Waals surface area contributed by atoms with Gasteiger partial charge in [0.1, 0.15) is 0 Å². The molecular weight excluding hydrogens is 462 g/mol. The molecule has 4 aromatic rings. The summed E-state index contributed by atoms with van der Waals surface area (Å²) >= 11 is 4.66. The normalized spacial score (nSPS) is 10.9. The summed E-state index contributed by atoms with van der Waals surface area (Å²) in [5.41, 5.74) is 2.98. The Labute approximate surface area is 186 Å². The summed E-state index contributed by atoms with van der Waals surface area (Å²) in [5, 5.41) is 3.90. The minimum atomic E-state index is -0.176. The van der Waals surface area contributed by atoms with Crippen molar-refractivity contribution in [3.05, 3.63) is 93.2 Å². The van der Waals surface area contributed by atoms with Crippen LogP contribution in [0.5, 0.6) is 0 Å². The maximum Gasteiger partial charge on any atom is 0.266 e. The first kappa shape index (κ1) is 20.4. The van der Waals surface area contributed by atoms with Crippen LogP contribution in [0, 0.1) is 6.92 Å². The number of aryl methyl sites for hydroxylation is 1. The van der Waals surface area contributed by atoms with Gasteiger partial charge in [0.25, 0.3) is 5.56 Å². The van der Waals surface area contributed by atoms with Crippen LogP contribution >= 0.6 is 27.7 Å². The first-order valence-electron chi connectivity index (χ1n) is 9.29. The van der Waals surface area contributed by atoms with Gasteiger partial charge in [-0.3, -0.25) is 14.2 Å². The van der Waals surface area contributed by atoms with E-state index in [4.69, 9.17) is 0 Å². The molecule has 0 atom stereocenters. The summed E-state index contributed by atoms with van der Waals surface area (Å²) in [6.45, 7) is 1.99. The minimum Gasteiger partial charge on any atom is -0.324 e. The van der Waals surface area contributed by atoms with Crippen molar-refractivity contribution >= 4 is 50.2 Å². The third-order valence-corrected chi connectivity index (χ3v) is 6.15. The van der Waals surface area contributed by atoms with E-state index in [1.807, 2.05) is 67.6 Å². The van der Waals surface area contributed by atoms with Crippen LogP contribution in [-0.4, -0.2) is 21.2 Å². The van der Waals surface area contributed by atoms with Crippen LogP contribution in [-0.2, 0) is 4.79 Å². The van der Waals surface area contributed by atoms with E-state index in [9.17, 15) is 9.59 Å². The predicted octanol–water partition coefficient (Wildman–Crippen LogP) is 5.19. The number of thioether (sulfide) groups is 1. The molecule has 0 saturated heterocycles. The first-order chi connectivity index (χ1) is 14.5. The number of aromatic nitrogens is 2. The second-order valence-electron chi connectivity index (χ2n) is 6.70. The number of carbonyl (C=O) groups excluding carboxylic acids is 1. The Bertz CT molecular complexity index is 1290. The van der Waals surface area contributed by atoms with Crippen LogP contribution in [0.4, 0.5) is 5.69 Å². The van der Waals surface area contributed by atoms with E-state index in [-0.39, 0.29) is 17.2 Å². The van der Waals surface area contributed by atoms with Crippen LogP contribution in [0.1, 0.15) is 5.56 Å². The third kappa shape index (κ3) is 4.32. The molecule has 0 spiro atoms. The van der Waals surface area contributed by atoms with Crippen molar-refractivity contribution in [3.8, 4) is 5.69 Å². The standard InChI is InChI=1S/C23H18BrN3O2S/c1-15-10-12-16(13-11-15)27-22(29)17-6-2-4-8-19(17)26-23(27)30-14-21(28)25-20-9-5-3-7-18(20)24/h2-13H,14H2,1H3,(H,25,28). The Hall–Kier alpha value is -2.90. The van der Waals surface area contributed by atoms with E-state index in [0.29, 0.717) is 21.7 Å². The molecule has 0 radical (unpaired) electrons. The third-order valence-electron chi connectivity index (χ3n) is 4.52. The molecule has 0 fully saturated rings. The molecule has 1 aromatic heterocycles. The van der Waals surface area contributed by atoms with Gasteiger partial charge < -0.3 is 5.32 Å². The molecule has 4 rings (SSSR count). The van der Waals surface area contributed by atoms with Gasteiger partial charge in [0, 0.05) is 4.47 Å². The number of nitrogens with one attached hydrogen (secondary N) is 1. The largest absolute Gasteiger partial charge is 0.324 e. The zero-order valence-corrected chi connectivity index (χ0v) is 18.5. The number of hydrogen-bond acceptors (Lipinski definition) is 4. The highest BCUT2D eigenvalue weighted by Gasteiger charge is 2.15. The summed E-state index contributed by atoms with van der Waals surface area (Å²) in [4.78, 5) is 30.4. The predicted molar refractivity (Wildman–Crippen MR) is 126 cm³/mol. The summed E-state index contributed by atoms with van der Waals surface area (Å²) < 4.78 is 2.38. The summed E-state index contributed by atoms with van der Waals surface area (Å²) in [7, 11) is 0. The molecular formula is C23H18BrN3O2S. The lowest BCUT2D eigenvalue weighted by atomic mass is 10.2. The van der Waals surface area contributed by atoms with Gasteiger partial charge in [0.05, 0.1) is 28.0 Å². The summed E-state index contributed by atoms with van der Waals surface area (Å²) in [6, 6.07) is 22.3. The molecule has 30 heavy (non-hydrogen) atoms. The molecule has 3 aromatic carbocycles. The lowest BCUT2D eigenvalue weighted by molar-refractivity contribution is -0.113. The van der Waals surface area contributed by atoms with E-state index < -0.39 is 0 Å². The second kappa shape index (κ2) is 8.85. The van der Waals surface area contributed by atoms with Gasteiger partial charge in [-0.1, -0.05) is 53.7 Å². The number of anilines is 1. The van der Waals surface area contributed by atoms with Crippen LogP contribution in [0.15, 0.2) is 87.2 Å². The van der Waals surface area contributed by atoms with Crippen LogP contribution in [0.3, 0.4) is 0 Å². The summed E-state index contributed by atoms with van der Waals surface area (Å²) in [6.07, 6.45) is 0. The van der Waals surface area contributed by atoms with Crippen LogP contribution < -0.4 is 10.9 Å². The number of para-hydroxylation sites is 2. The molecule has 0 unspecified atom stereocenters. The highest BCUT2D eigenvalue weighted by Crippen LogP contribution is 2.24. The molecule has 0 saturated carbocycles. The Morgan fingerprint density at radius 2 is 1.73 bits per heavy atom. The van der Waals surface area contributed by atoms with Gasteiger partial charge in [-0.25, -0.2) is 4.98 Å². The number of benzene rings is 3.